The molecular weight excluding hydrogens is 302 g/mol. The second-order valence-corrected chi connectivity index (χ2v) is 6.78. The topological polar surface area (TPSA) is 54.3 Å². The molecule has 2 saturated heterocycles. The molecule has 1 aromatic heterocycles. The van der Waals surface area contributed by atoms with Crippen molar-refractivity contribution in [3.05, 3.63) is 42.2 Å². The second-order valence-electron chi connectivity index (χ2n) is 6.78. The third-order valence-corrected chi connectivity index (χ3v) is 5.31. The normalized spacial score (nSPS) is 24.6. The molecule has 0 aliphatic carbocycles. The first-order chi connectivity index (χ1) is 11.7. The Morgan fingerprint density at radius 3 is 2.58 bits per heavy atom. The summed E-state index contributed by atoms with van der Waals surface area (Å²) >= 11 is 0. The van der Waals surface area contributed by atoms with Gasteiger partial charge in [0.2, 0.25) is 0 Å². The molecule has 2 aliphatic rings. The number of amides is 1. The summed E-state index contributed by atoms with van der Waals surface area (Å²) in [6.45, 7) is 1.96. The van der Waals surface area contributed by atoms with Gasteiger partial charge in [0, 0.05) is 18.6 Å². The van der Waals surface area contributed by atoms with Gasteiger partial charge in [0.15, 0.2) is 5.69 Å². The average molecular weight is 325 g/mol. The van der Waals surface area contributed by atoms with E-state index in [9.17, 15) is 4.79 Å². The second kappa shape index (κ2) is 6.36. The van der Waals surface area contributed by atoms with Gasteiger partial charge in [-0.3, -0.25) is 4.79 Å². The SMILES string of the molecule is CN1CCC[C@@H]1[C@@H]1CCCN1C(=O)c1cn(-c2ccccc2)nn1. The zero-order chi connectivity index (χ0) is 16.5. The van der Waals surface area contributed by atoms with Crippen molar-refractivity contribution < 1.29 is 4.79 Å². The molecule has 2 aliphatic heterocycles. The molecule has 0 N–H and O–H groups in total. The molecule has 1 aromatic carbocycles. The minimum atomic E-state index is 0.0139. The molecule has 2 fully saturated rings. The van der Waals surface area contributed by atoms with Crippen LogP contribution >= 0.6 is 0 Å². The van der Waals surface area contributed by atoms with E-state index in [0.717, 1.165) is 31.6 Å². The van der Waals surface area contributed by atoms with E-state index in [1.165, 1.54) is 12.8 Å². The summed E-state index contributed by atoms with van der Waals surface area (Å²) in [5.74, 6) is 0.0139. The lowest BCUT2D eigenvalue weighted by molar-refractivity contribution is 0.0658. The van der Waals surface area contributed by atoms with Gasteiger partial charge in [0.1, 0.15) is 0 Å². The first-order valence-electron chi connectivity index (χ1n) is 8.73. The van der Waals surface area contributed by atoms with Crippen LogP contribution in [-0.2, 0) is 0 Å². The Bertz CT molecular complexity index is 713. The van der Waals surface area contributed by atoms with Gasteiger partial charge in [-0.15, -0.1) is 5.10 Å². The van der Waals surface area contributed by atoms with Crippen molar-refractivity contribution in [2.24, 2.45) is 0 Å². The Morgan fingerprint density at radius 1 is 1.08 bits per heavy atom. The van der Waals surface area contributed by atoms with Crippen molar-refractivity contribution in [2.75, 3.05) is 20.1 Å². The van der Waals surface area contributed by atoms with Crippen LogP contribution in [0, 0.1) is 0 Å². The smallest absolute Gasteiger partial charge is 0.276 e. The maximum absolute atomic E-state index is 13.0. The van der Waals surface area contributed by atoms with Gasteiger partial charge in [-0.05, 0) is 51.4 Å². The summed E-state index contributed by atoms with van der Waals surface area (Å²) in [7, 11) is 2.17. The Labute approximate surface area is 142 Å². The molecule has 0 saturated carbocycles. The number of likely N-dealkylation sites (tertiary alicyclic amines) is 2. The van der Waals surface area contributed by atoms with Crippen molar-refractivity contribution in [1.29, 1.82) is 0 Å². The Kier molecular flexibility index (Phi) is 4.06. The number of benzene rings is 1. The Morgan fingerprint density at radius 2 is 1.83 bits per heavy atom. The molecule has 0 radical (unpaired) electrons. The molecule has 2 aromatic rings. The summed E-state index contributed by atoms with van der Waals surface area (Å²) in [5.41, 5.74) is 1.35. The summed E-state index contributed by atoms with van der Waals surface area (Å²) in [6.07, 6.45) is 6.32. The van der Waals surface area contributed by atoms with Crippen molar-refractivity contribution >= 4 is 5.91 Å². The van der Waals surface area contributed by atoms with Crippen LogP contribution in [0.15, 0.2) is 36.5 Å². The van der Waals surface area contributed by atoms with Crippen LogP contribution < -0.4 is 0 Å². The molecule has 0 unspecified atom stereocenters. The van der Waals surface area contributed by atoms with Gasteiger partial charge in [-0.1, -0.05) is 23.4 Å². The maximum Gasteiger partial charge on any atom is 0.276 e. The number of para-hydroxylation sites is 1. The number of hydrogen-bond donors (Lipinski definition) is 0. The zero-order valence-electron chi connectivity index (χ0n) is 14.0. The molecule has 3 heterocycles. The summed E-state index contributed by atoms with van der Waals surface area (Å²) in [5, 5.41) is 8.25. The number of rotatable bonds is 3. The van der Waals surface area contributed by atoms with Gasteiger partial charge in [-0.2, -0.15) is 0 Å². The van der Waals surface area contributed by atoms with Gasteiger partial charge in [-0.25, -0.2) is 4.68 Å². The predicted octanol–water partition coefficient (Wildman–Crippen LogP) is 1.97. The molecule has 4 rings (SSSR count). The number of aromatic nitrogens is 3. The van der Waals surface area contributed by atoms with Crippen LogP contribution in [0.2, 0.25) is 0 Å². The lowest BCUT2D eigenvalue weighted by atomic mass is 10.0. The van der Waals surface area contributed by atoms with Crippen molar-refractivity contribution in [3.63, 3.8) is 0 Å². The first kappa shape index (κ1) is 15.3. The molecule has 6 heteroatoms. The van der Waals surface area contributed by atoms with Crippen LogP contribution in [-0.4, -0.2) is 62.9 Å². The highest BCUT2D eigenvalue weighted by Crippen LogP contribution is 2.29. The molecule has 24 heavy (non-hydrogen) atoms. The van der Waals surface area contributed by atoms with Crippen LogP contribution in [0.4, 0.5) is 0 Å². The molecule has 0 bridgehead atoms. The van der Waals surface area contributed by atoms with E-state index >= 15 is 0 Å². The van der Waals surface area contributed by atoms with Crippen molar-refractivity contribution in [1.82, 2.24) is 24.8 Å². The zero-order valence-corrected chi connectivity index (χ0v) is 14.0. The fourth-order valence-electron chi connectivity index (χ4n) is 4.08. The van der Waals surface area contributed by atoms with Crippen LogP contribution in [0.5, 0.6) is 0 Å². The molecule has 6 nitrogen and oxygen atoms in total. The van der Waals surface area contributed by atoms with E-state index in [2.05, 4.69) is 22.3 Å². The van der Waals surface area contributed by atoms with Gasteiger partial charge in [0.25, 0.3) is 5.91 Å². The first-order valence-corrected chi connectivity index (χ1v) is 8.73. The maximum atomic E-state index is 13.0. The molecular formula is C18H23N5O. The minimum Gasteiger partial charge on any atom is -0.333 e. The van der Waals surface area contributed by atoms with E-state index in [1.54, 1.807) is 10.9 Å². The standard InChI is InChI=1S/C18H23N5O/c1-21-11-5-9-16(21)17-10-6-12-22(17)18(24)15-13-23(20-19-15)14-7-3-2-4-8-14/h2-4,7-8,13,16-17H,5-6,9-12H2,1H3/t16-,17+/m1/s1. The number of hydrogen-bond acceptors (Lipinski definition) is 4. The molecule has 126 valence electrons. The van der Waals surface area contributed by atoms with E-state index in [1.807, 2.05) is 35.2 Å². The minimum absolute atomic E-state index is 0.0139. The number of nitrogens with zero attached hydrogens (tertiary/aromatic N) is 5. The highest BCUT2D eigenvalue weighted by molar-refractivity contribution is 5.92. The van der Waals surface area contributed by atoms with E-state index in [-0.39, 0.29) is 5.91 Å². The van der Waals surface area contributed by atoms with Crippen molar-refractivity contribution in [3.8, 4) is 5.69 Å². The Hall–Kier alpha value is -2.21. The highest BCUT2D eigenvalue weighted by atomic mass is 16.2. The lowest BCUT2D eigenvalue weighted by Gasteiger charge is -2.32. The van der Waals surface area contributed by atoms with E-state index in [4.69, 9.17) is 0 Å². The molecule has 2 atom stereocenters. The highest BCUT2D eigenvalue weighted by Gasteiger charge is 2.39. The van der Waals surface area contributed by atoms with Gasteiger partial charge >= 0.3 is 0 Å². The quantitative estimate of drug-likeness (QED) is 0.866. The fraction of sp³-hybridized carbons (Fsp3) is 0.500. The fourth-order valence-corrected chi connectivity index (χ4v) is 4.08. The van der Waals surface area contributed by atoms with Crippen molar-refractivity contribution in [2.45, 2.75) is 37.8 Å². The lowest BCUT2D eigenvalue weighted by Crippen LogP contribution is -2.47. The van der Waals surface area contributed by atoms with Crippen LogP contribution in [0.1, 0.15) is 36.2 Å². The van der Waals surface area contributed by atoms with Crippen LogP contribution in [0.25, 0.3) is 5.69 Å². The van der Waals surface area contributed by atoms with Gasteiger partial charge < -0.3 is 9.80 Å². The summed E-state index contributed by atoms with van der Waals surface area (Å²) in [6, 6.07) is 10.6. The van der Waals surface area contributed by atoms with Gasteiger partial charge in [0.05, 0.1) is 11.9 Å². The third kappa shape index (κ3) is 2.71. The summed E-state index contributed by atoms with van der Waals surface area (Å²) < 4.78 is 1.67. The van der Waals surface area contributed by atoms with Crippen LogP contribution in [0.3, 0.4) is 0 Å². The average Bonchev–Trinajstić information content (AvgIpc) is 3.35. The number of likely N-dealkylation sites (N-methyl/N-ethyl adjacent to an activating group) is 1. The largest absolute Gasteiger partial charge is 0.333 e. The number of carbonyl (C=O) groups is 1. The third-order valence-electron chi connectivity index (χ3n) is 5.31. The summed E-state index contributed by atoms with van der Waals surface area (Å²) in [4.78, 5) is 17.4. The predicted molar refractivity (Wildman–Crippen MR) is 91.1 cm³/mol. The molecule has 1 amide bonds. The number of carbonyl (C=O) groups excluding carboxylic acids is 1. The Balaban J connectivity index is 1.54. The molecule has 0 spiro atoms. The van der Waals surface area contributed by atoms with E-state index in [0.29, 0.717) is 17.8 Å². The monoisotopic (exact) mass is 325 g/mol. The van der Waals surface area contributed by atoms with E-state index < -0.39 is 0 Å².